The molecule has 0 spiro atoms. The van der Waals surface area contributed by atoms with Gasteiger partial charge in [0.2, 0.25) is 0 Å². The molecule has 4 aromatic rings. The van der Waals surface area contributed by atoms with Gasteiger partial charge in [-0.3, -0.25) is 4.98 Å². The zero-order valence-electron chi connectivity index (χ0n) is 16.0. The van der Waals surface area contributed by atoms with Crippen molar-refractivity contribution in [2.45, 2.75) is 46.0 Å². The van der Waals surface area contributed by atoms with Crippen molar-refractivity contribution in [2.24, 2.45) is 0 Å². The Morgan fingerprint density at radius 2 is 1.78 bits per heavy atom. The summed E-state index contributed by atoms with van der Waals surface area (Å²) in [5.74, 6) is 0. The molecule has 3 aromatic heterocycles. The van der Waals surface area contributed by atoms with E-state index in [4.69, 9.17) is 0 Å². The summed E-state index contributed by atoms with van der Waals surface area (Å²) in [6.07, 6.45) is 6.54. The van der Waals surface area contributed by atoms with Gasteiger partial charge in [-0.2, -0.15) is 0 Å². The summed E-state index contributed by atoms with van der Waals surface area (Å²) in [6.45, 7) is 4.31. The molecule has 0 fully saturated rings. The smallest absolute Gasteiger partial charge is 0.0705 e. The molecule has 0 amide bonds. The summed E-state index contributed by atoms with van der Waals surface area (Å²) in [6, 6.07) is 17.8. The Morgan fingerprint density at radius 3 is 2.67 bits per heavy atom. The van der Waals surface area contributed by atoms with Crippen molar-refractivity contribution in [2.75, 3.05) is 0 Å². The van der Waals surface area contributed by atoms with Crippen molar-refractivity contribution in [3.05, 3.63) is 64.5 Å². The van der Waals surface area contributed by atoms with Gasteiger partial charge in [0.15, 0.2) is 0 Å². The molecule has 0 saturated heterocycles. The van der Waals surface area contributed by atoms with Crippen molar-refractivity contribution in [1.29, 1.82) is 0 Å². The average molecular weight is 392 g/mol. The molecule has 0 aliphatic heterocycles. The molecule has 0 aliphatic carbocycles. The number of fused-ring (bicyclic) bond motifs is 1. The topological polar surface area (TPSA) is 12.9 Å². The zero-order valence-corrected chi connectivity index (χ0v) is 17.6. The largest absolute Gasteiger partial charge is 0.253 e. The lowest BCUT2D eigenvalue weighted by Gasteiger charge is -2.02. The lowest BCUT2D eigenvalue weighted by atomic mass is 10.1. The highest BCUT2D eigenvalue weighted by Crippen LogP contribution is 2.37. The molecule has 4 rings (SSSR count). The Bertz CT molecular complexity index is 1040. The van der Waals surface area contributed by atoms with E-state index >= 15 is 0 Å². The Kier molecular flexibility index (Phi) is 5.70. The molecule has 3 heterocycles. The zero-order chi connectivity index (χ0) is 18.6. The molecular weight excluding hydrogens is 366 g/mol. The fourth-order valence-electron chi connectivity index (χ4n) is 3.39. The van der Waals surface area contributed by atoms with Gasteiger partial charge in [-0.25, -0.2) is 0 Å². The van der Waals surface area contributed by atoms with Crippen molar-refractivity contribution >= 4 is 33.6 Å². The fraction of sp³-hybridized carbons (Fsp3) is 0.292. The molecule has 138 valence electrons. The van der Waals surface area contributed by atoms with Crippen LogP contribution in [-0.2, 0) is 6.42 Å². The van der Waals surface area contributed by atoms with Gasteiger partial charge in [-0.15, -0.1) is 22.7 Å². The molecule has 0 atom stereocenters. The van der Waals surface area contributed by atoms with Gasteiger partial charge in [-0.1, -0.05) is 38.3 Å². The maximum absolute atomic E-state index is 4.61. The number of hydrogen-bond acceptors (Lipinski definition) is 3. The second-order valence-corrected chi connectivity index (χ2v) is 9.22. The Morgan fingerprint density at radius 1 is 0.852 bits per heavy atom. The van der Waals surface area contributed by atoms with Crippen LogP contribution < -0.4 is 0 Å². The van der Waals surface area contributed by atoms with Crippen LogP contribution in [-0.4, -0.2) is 4.98 Å². The van der Waals surface area contributed by atoms with E-state index in [2.05, 4.69) is 65.8 Å². The second-order valence-electron chi connectivity index (χ2n) is 7.14. The van der Waals surface area contributed by atoms with E-state index in [1.165, 1.54) is 63.2 Å². The monoisotopic (exact) mass is 391 g/mol. The van der Waals surface area contributed by atoms with Crippen molar-refractivity contribution in [3.8, 4) is 20.9 Å². The number of thiophene rings is 2. The minimum atomic E-state index is 1.07. The average Bonchev–Trinajstić information content (AvgIpc) is 3.34. The minimum absolute atomic E-state index is 1.07. The highest BCUT2D eigenvalue weighted by atomic mass is 32.1. The van der Waals surface area contributed by atoms with Crippen molar-refractivity contribution in [3.63, 3.8) is 0 Å². The van der Waals surface area contributed by atoms with E-state index in [1.54, 1.807) is 0 Å². The van der Waals surface area contributed by atoms with E-state index in [0.717, 1.165) is 11.2 Å². The van der Waals surface area contributed by atoms with Gasteiger partial charge < -0.3 is 0 Å². The number of benzene rings is 1. The normalized spacial score (nSPS) is 11.3. The standard InChI is InChI=1S/C24H25NS2/c1-3-4-5-6-7-21-11-13-23(27-21)24-15-20(16-26-24)18-10-12-22-19(14-18)9-8-17(2)25-22/h8-16H,3-7H2,1-2H3. The first kappa shape index (κ1) is 18.4. The molecule has 1 aromatic carbocycles. The summed E-state index contributed by atoms with van der Waals surface area (Å²) in [7, 11) is 0. The van der Waals surface area contributed by atoms with Crippen LogP contribution in [0.3, 0.4) is 0 Å². The van der Waals surface area contributed by atoms with Gasteiger partial charge in [0.05, 0.1) is 5.52 Å². The molecule has 0 N–H and O–H groups in total. The third-order valence-electron chi connectivity index (χ3n) is 4.94. The molecule has 0 radical (unpaired) electrons. The van der Waals surface area contributed by atoms with E-state index in [0.29, 0.717) is 0 Å². The van der Waals surface area contributed by atoms with E-state index in [1.807, 2.05) is 29.6 Å². The third kappa shape index (κ3) is 4.31. The molecule has 27 heavy (non-hydrogen) atoms. The highest BCUT2D eigenvalue weighted by molar-refractivity contribution is 7.21. The predicted molar refractivity (Wildman–Crippen MR) is 121 cm³/mol. The van der Waals surface area contributed by atoms with E-state index in [9.17, 15) is 0 Å². The van der Waals surface area contributed by atoms with Gasteiger partial charge in [0.25, 0.3) is 0 Å². The maximum Gasteiger partial charge on any atom is 0.0705 e. The van der Waals surface area contributed by atoms with Crippen LogP contribution in [0.4, 0.5) is 0 Å². The van der Waals surface area contributed by atoms with E-state index < -0.39 is 0 Å². The molecule has 0 aliphatic rings. The summed E-state index contributed by atoms with van der Waals surface area (Å²) in [4.78, 5) is 8.89. The first-order chi connectivity index (χ1) is 13.2. The molecule has 0 unspecified atom stereocenters. The summed E-state index contributed by atoms with van der Waals surface area (Å²) < 4.78 is 0. The lowest BCUT2D eigenvalue weighted by molar-refractivity contribution is 0.670. The first-order valence-electron chi connectivity index (χ1n) is 9.78. The second kappa shape index (κ2) is 8.37. The van der Waals surface area contributed by atoms with Crippen LogP contribution in [0.1, 0.15) is 43.2 Å². The molecule has 1 nitrogen and oxygen atoms in total. The Balaban J connectivity index is 1.52. The van der Waals surface area contributed by atoms with Crippen LogP contribution in [0.15, 0.2) is 53.9 Å². The summed E-state index contributed by atoms with van der Waals surface area (Å²) >= 11 is 3.80. The first-order valence-corrected chi connectivity index (χ1v) is 11.5. The lowest BCUT2D eigenvalue weighted by Crippen LogP contribution is -1.83. The maximum atomic E-state index is 4.61. The van der Waals surface area contributed by atoms with Crippen LogP contribution in [0, 0.1) is 6.92 Å². The Labute approximate surface area is 169 Å². The highest BCUT2D eigenvalue weighted by Gasteiger charge is 2.08. The summed E-state index contributed by atoms with van der Waals surface area (Å²) in [5.41, 5.74) is 4.71. The molecule has 0 saturated carbocycles. The van der Waals surface area contributed by atoms with Crippen LogP contribution in [0.2, 0.25) is 0 Å². The van der Waals surface area contributed by atoms with Gasteiger partial charge in [0, 0.05) is 25.7 Å². The number of hydrogen-bond donors (Lipinski definition) is 0. The third-order valence-corrected chi connectivity index (χ3v) is 7.21. The van der Waals surface area contributed by atoms with Crippen LogP contribution in [0.25, 0.3) is 31.8 Å². The van der Waals surface area contributed by atoms with Crippen LogP contribution in [0.5, 0.6) is 0 Å². The minimum Gasteiger partial charge on any atom is -0.253 e. The fourth-order valence-corrected chi connectivity index (χ4v) is 5.46. The SMILES string of the molecule is CCCCCCc1ccc(-c2cc(-c3ccc4nc(C)ccc4c3)cs2)s1. The number of pyridine rings is 1. The number of aromatic nitrogens is 1. The van der Waals surface area contributed by atoms with Gasteiger partial charge in [-0.05, 0) is 72.7 Å². The molecule has 3 heteroatoms. The van der Waals surface area contributed by atoms with Crippen LogP contribution >= 0.6 is 22.7 Å². The van der Waals surface area contributed by atoms with Crippen molar-refractivity contribution < 1.29 is 0 Å². The number of rotatable bonds is 7. The predicted octanol–water partition coefficient (Wildman–Crippen LogP) is 8.12. The van der Waals surface area contributed by atoms with Gasteiger partial charge in [0.1, 0.15) is 0 Å². The number of unbranched alkanes of at least 4 members (excludes halogenated alkanes) is 3. The quantitative estimate of drug-likeness (QED) is 0.290. The Hall–Kier alpha value is -1.97. The van der Waals surface area contributed by atoms with Gasteiger partial charge >= 0.3 is 0 Å². The summed E-state index contributed by atoms with van der Waals surface area (Å²) in [5, 5.41) is 3.48. The number of nitrogens with zero attached hydrogens (tertiary/aromatic N) is 1. The number of aryl methyl sites for hydroxylation is 2. The van der Waals surface area contributed by atoms with E-state index in [-0.39, 0.29) is 0 Å². The van der Waals surface area contributed by atoms with Crippen molar-refractivity contribution in [1.82, 2.24) is 4.98 Å². The molecular formula is C24H25NS2. The molecule has 0 bridgehead atoms.